The van der Waals surface area contributed by atoms with Crippen LogP contribution in [0.5, 0.6) is 0 Å². The molecular formula is C12H9NO3S2. The third-order valence-corrected chi connectivity index (χ3v) is 4.38. The maximum Gasteiger partial charge on any atom is 0.298 e. The first-order chi connectivity index (χ1) is 8.63. The van der Waals surface area contributed by atoms with Crippen LogP contribution in [0.2, 0.25) is 0 Å². The van der Waals surface area contributed by atoms with Crippen LogP contribution in [0.15, 0.2) is 52.7 Å². The Morgan fingerprint density at radius 1 is 1.17 bits per heavy atom. The van der Waals surface area contributed by atoms with Crippen molar-refractivity contribution in [3.8, 4) is 6.07 Å². The summed E-state index contributed by atoms with van der Waals surface area (Å²) in [6.45, 7) is 0. The summed E-state index contributed by atoms with van der Waals surface area (Å²) in [5, 5.41) is 10.7. The van der Waals surface area contributed by atoms with Gasteiger partial charge in [0.1, 0.15) is 6.07 Å². The lowest BCUT2D eigenvalue weighted by Gasteiger charge is -2.09. The van der Waals surface area contributed by atoms with E-state index in [-0.39, 0.29) is 4.90 Å². The van der Waals surface area contributed by atoms with Gasteiger partial charge < -0.3 is 0 Å². The van der Waals surface area contributed by atoms with Gasteiger partial charge in [-0.25, -0.2) is 4.18 Å². The Morgan fingerprint density at radius 3 is 2.44 bits per heavy atom. The van der Waals surface area contributed by atoms with Gasteiger partial charge >= 0.3 is 0 Å². The molecule has 0 aliphatic rings. The van der Waals surface area contributed by atoms with Gasteiger partial charge in [-0.2, -0.15) is 13.7 Å². The molecule has 6 heteroatoms. The molecule has 2 aromatic rings. The molecule has 0 aliphatic heterocycles. The Hall–Kier alpha value is -1.68. The molecule has 0 spiro atoms. The van der Waals surface area contributed by atoms with E-state index in [9.17, 15) is 8.42 Å². The summed E-state index contributed by atoms with van der Waals surface area (Å²) in [4.78, 5) is 0.610. The quantitative estimate of drug-likeness (QED) is 0.807. The Bertz CT molecular complexity index is 642. The highest BCUT2D eigenvalue weighted by Gasteiger charge is 2.23. The molecule has 0 fully saturated rings. The van der Waals surface area contributed by atoms with Gasteiger partial charge in [-0.05, 0) is 23.6 Å². The average Bonchev–Trinajstić information content (AvgIpc) is 2.91. The molecule has 0 radical (unpaired) electrons. The normalized spacial score (nSPS) is 12.8. The molecule has 0 N–H and O–H groups in total. The van der Waals surface area contributed by atoms with Gasteiger partial charge in [-0.3, -0.25) is 0 Å². The lowest BCUT2D eigenvalue weighted by atomic mass is 10.3. The van der Waals surface area contributed by atoms with Crippen molar-refractivity contribution < 1.29 is 12.6 Å². The first kappa shape index (κ1) is 12.8. The van der Waals surface area contributed by atoms with Crippen molar-refractivity contribution in [3.63, 3.8) is 0 Å². The van der Waals surface area contributed by atoms with Crippen LogP contribution in [-0.2, 0) is 14.3 Å². The summed E-state index contributed by atoms with van der Waals surface area (Å²) in [6.07, 6.45) is -1.10. The zero-order valence-electron chi connectivity index (χ0n) is 9.18. The first-order valence-electron chi connectivity index (χ1n) is 5.05. The molecule has 1 heterocycles. The molecule has 0 saturated heterocycles. The lowest BCUT2D eigenvalue weighted by molar-refractivity contribution is 0.271. The molecular weight excluding hydrogens is 270 g/mol. The highest BCUT2D eigenvalue weighted by atomic mass is 32.2. The van der Waals surface area contributed by atoms with Crippen LogP contribution >= 0.6 is 11.3 Å². The number of hydrogen-bond acceptors (Lipinski definition) is 5. The van der Waals surface area contributed by atoms with Crippen LogP contribution in [0.25, 0.3) is 0 Å². The minimum Gasteiger partial charge on any atom is -0.242 e. The van der Waals surface area contributed by atoms with Crippen LogP contribution in [-0.4, -0.2) is 8.42 Å². The summed E-state index contributed by atoms with van der Waals surface area (Å²) >= 11 is 1.28. The smallest absolute Gasteiger partial charge is 0.242 e. The van der Waals surface area contributed by atoms with Crippen molar-refractivity contribution in [3.05, 3.63) is 52.7 Å². The van der Waals surface area contributed by atoms with E-state index >= 15 is 0 Å². The van der Waals surface area contributed by atoms with Gasteiger partial charge in [0.15, 0.2) is 6.10 Å². The number of nitriles is 1. The van der Waals surface area contributed by atoms with E-state index in [0.29, 0.717) is 4.88 Å². The van der Waals surface area contributed by atoms with Crippen LogP contribution in [0, 0.1) is 11.3 Å². The fraction of sp³-hybridized carbons (Fsp3) is 0.0833. The van der Waals surface area contributed by atoms with E-state index in [4.69, 9.17) is 9.44 Å². The van der Waals surface area contributed by atoms with Crippen molar-refractivity contribution in [1.82, 2.24) is 0 Å². The second kappa shape index (κ2) is 5.31. The number of nitrogens with zero attached hydrogens (tertiary/aromatic N) is 1. The maximum absolute atomic E-state index is 11.9. The van der Waals surface area contributed by atoms with Gasteiger partial charge in [0, 0.05) is 4.88 Å². The molecule has 1 aromatic carbocycles. The lowest BCUT2D eigenvalue weighted by Crippen LogP contribution is -2.10. The number of thiophene rings is 1. The molecule has 0 saturated carbocycles. The van der Waals surface area contributed by atoms with Gasteiger partial charge in [0.05, 0.1) is 4.90 Å². The van der Waals surface area contributed by atoms with Crippen LogP contribution < -0.4 is 0 Å². The summed E-state index contributed by atoms with van der Waals surface area (Å²) in [7, 11) is -3.91. The standard InChI is InChI=1S/C12H9NO3S2/c13-9-11(12-7-4-8-17-12)16-18(14,15)10-5-2-1-3-6-10/h1-8,11H. The summed E-state index contributed by atoms with van der Waals surface area (Å²) in [6, 6.07) is 13.0. The molecule has 0 amide bonds. The van der Waals surface area contributed by atoms with E-state index in [2.05, 4.69) is 0 Å². The van der Waals surface area contributed by atoms with Crippen molar-refractivity contribution in [2.45, 2.75) is 11.0 Å². The third-order valence-electron chi connectivity index (χ3n) is 2.17. The van der Waals surface area contributed by atoms with E-state index < -0.39 is 16.2 Å². The Morgan fingerprint density at radius 2 is 1.89 bits per heavy atom. The second-order valence-corrected chi connectivity index (χ2v) is 5.94. The minimum absolute atomic E-state index is 0.0433. The van der Waals surface area contributed by atoms with Gasteiger partial charge in [0.25, 0.3) is 10.1 Å². The summed E-state index contributed by atoms with van der Waals surface area (Å²) in [5.74, 6) is 0. The van der Waals surface area contributed by atoms with Crippen molar-refractivity contribution in [1.29, 1.82) is 5.26 Å². The Balaban J connectivity index is 2.26. The van der Waals surface area contributed by atoms with Crippen LogP contribution in [0.3, 0.4) is 0 Å². The monoisotopic (exact) mass is 279 g/mol. The van der Waals surface area contributed by atoms with Crippen molar-refractivity contribution >= 4 is 21.5 Å². The van der Waals surface area contributed by atoms with E-state index in [0.717, 1.165) is 0 Å². The van der Waals surface area contributed by atoms with E-state index in [1.165, 1.54) is 23.5 Å². The largest absolute Gasteiger partial charge is 0.298 e. The fourth-order valence-electron chi connectivity index (χ4n) is 1.34. The Labute approximate surface area is 109 Å². The highest BCUT2D eigenvalue weighted by Crippen LogP contribution is 2.26. The number of rotatable bonds is 4. The third kappa shape index (κ3) is 2.76. The van der Waals surface area contributed by atoms with E-state index in [1.54, 1.807) is 35.7 Å². The molecule has 1 unspecified atom stereocenters. The molecule has 0 bridgehead atoms. The average molecular weight is 279 g/mol. The predicted molar refractivity (Wildman–Crippen MR) is 67.4 cm³/mol. The zero-order chi connectivity index (χ0) is 13.0. The summed E-state index contributed by atoms with van der Waals surface area (Å²) in [5.41, 5.74) is 0. The molecule has 4 nitrogen and oxygen atoms in total. The van der Waals surface area contributed by atoms with Gasteiger partial charge in [-0.15, -0.1) is 11.3 Å². The zero-order valence-corrected chi connectivity index (χ0v) is 10.8. The number of hydrogen-bond donors (Lipinski definition) is 0. The topological polar surface area (TPSA) is 67.2 Å². The van der Waals surface area contributed by atoms with E-state index in [1.807, 2.05) is 6.07 Å². The highest BCUT2D eigenvalue weighted by molar-refractivity contribution is 7.86. The fourth-order valence-corrected chi connectivity index (χ4v) is 3.10. The van der Waals surface area contributed by atoms with Crippen LogP contribution in [0.4, 0.5) is 0 Å². The minimum atomic E-state index is -3.91. The SMILES string of the molecule is N#CC(OS(=O)(=O)c1ccccc1)c1cccs1. The molecule has 0 aliphatic carbocycles. The van der Waals surface area contributed by atoms with Gasteiger partial charge in [0.2, 0.25) is 0 Å². The number of benzene rings is 1. The second-order valence-electron chi connectivity index (χ2n) is 3.39. The maximum atomic E-state index is 11.9. The molecule has 18 heavy (non-hydrogen) atoms. The molecule has 1 atom stereocenters. The van der Waals surface area contributed by atoms with Crippen LogP contribution in [0.1, 0.15) is 11.0 Å². The first-order valence-corrected chi connectivity index (χ1v) is 7.33. The predicted octanol–water partition coefficient (Wildman–Crippen LogP) is 2.72. The summed E-state index contributed by atoms with van der Waals surface area (Å²) < 4.78 is 28.8. The van der Waals surface area contributed by atoms with Crippen molar-refractivity contribution in [2.24, 2.45) is 0 Å². The molecule has 92 valence electrons. The van der Waals surface area contributed by atoms with Crippen molar-refractivity contribution in [2.75, 3.05) is 0 Å². The molecule has 1 aromatic heterocycles. The Kier molecular flexibility index (Phi) is 3.77. The molecule has 2 rings (SSSR count). The van der Waals surface area contributed by atoms with Gasteiger partial charge in [-0.1, -0.05) is 24.3 Å².